The van der Waals surface area contributed by atoms with Gasteiger partial charge in [-0.1, -0.05) is 29.8 Å². The normalized spacial score (nSPS) is 16.6. The number of rotatable bonds is 4. The molecule has 1 aliphatic heterocycles. The molecule has 0 saturated carbocycles. The number of amides is 1. The van der Waals surface area contributed by atoms with Crippen LogP contribution in [0, 0.1) is 0 Å². The first-order chi connectivity index (χ1) is 12.0. The quantitative estimate of drug-likeness (QED) is 0.828. The summed E-state index contributed by atoms with van der Waals surface area (Å²) >= 11 is 6.33. The minimum Gasteiger partial charge on any atom is -0.493 e. The number of methoxy groups -OCH3 is 2. The van der Waals surface area contributed by atoms with Gasteiger partial charge in [-0.05, 0) is 29.8 Å². The van der Waals surface area contributed by atoms with Crippen molar-refractivity contribution < 1.29 is 14.3 Å². The number of carbonyl (C=O) groups excluding carboxylic acids is 1. The van der Waals surface area contributed by atoms with Crippen LogP contribution in [0.25, 0.3) is 0 Å². The van der Waals surface area contributed by atoms with E-state index in [1.165, 1.54) is 11.9 Å². The van der Waals surface area contributed by atoms with Gasteiger partial charge in [-0.2, -0.15) is 5.10 Å². The second-order valence-corrected chi connectivity index (χ2v) is 6.13. The van der Waals surface area contributed by atoms with E-state index in [0.717, 1.165) is 16.8 Å². The summed E-state index contributed by atoms with van der Waals surface area (Å²) in [6.45, 7) is 1.50. The summed E-state index contributed by atoms with van der Waals surface area (Å²) in [6.07, 6.45) is 0.582. The van der Waals surface area contributed by atoms with Crippen molar-refractivity contribution in [2.24, 2.45) is 5.10 Å². The van der Waals surface area contributed by atoms with Gasteiger partial charge in [-0.25, -0.2) is 5.01 Å². The third kappa shape index (κ3) is 3.33. The number of nitrogens with zero attached hydrogens (tertiary/aromatic N) is 2. The molecule has 0 fully saturated rings. The number of halogens is 1. The molecule has 0 aliphatic carbocycles. The first-order valence-corrected chi connectivity index (χ1v) is 8.27. The summed E-state index contributed by atoms with van der Waals surface area (Å²) in [6, 6.07) is 12.9. The Morgan fingerprint density at radius 1 is 1.16 bits per heavy atom. The Balaban J connectivity index is 1.98. The molecule has 3 rings (SSSR count). The fraction of sp³-hybridized carbons (Fsp3) is 0.263. The third-order valence-electron chi connectivity index (χ3n) is 4.21. The van der Waals surface area contributed by atoms with Gasteiger partial charge in [0.25, 0.3) is 0 Å². The van der Waals surface area contributed by atoms with Crippen LogP contribution in [0.4, 0.5) is 0 Å². The minimum atomic E-state index is -0.214. The van der Waals surface area contributed by atoms with Crippen LogP contribution in [0.2, 0.25) is 5.02 Å². The Kier molecular flexibility index (Phi) is 4.95. The van der Waals surface area contributed by atoms with Gasteiger partial charge in [0, 0.05) is 23.9 Å². The van der Waals surface area contributed by atoms with E-state index in [1.54, 1.807) is 14.2 Å². The van der Waals surface area contributed by atoms with Crippen LogP contribution >= 0.6 is 11.6 Å². The van der Waals surface area contributed by atoms with Crippen molar-refractivity contribution in [3.8, 4) is 11.5 Å². The average Bonchev–Trinajstić information content (AvgIpc) is 3.07. The lowest BCUT2D eigenvalue weighted by molar-refractivity contribution is -0.130. The molecule has 0 aromatic heterocycles. The van der Waals surface area contributed by atoms with E-state index in [1.807, 2.05) is 42.5 Å². The van der Waals surface area contributed by atoms with Crippen LogP contribution < -0.4 is 9.47 Å². The average molecular weight is 359 g/mol. The Morgan fingerprint density at radius 2 is 1.88 bits per heavy atom. The Hall–Kier alpha value is -2.53. The van der Waals surface area contributed by atoms with Crippen LogP contribution in [0.15, 0.2) is 47.6 Å². The fourth-order valence-electron chi connectivity index (χ4n) is 2.98. The largest absolute Gasteiger partial charge is 0.493 e. The second-order valence-electron chi connectivity index (χ2n) is 5.72. The van der Waals surface area contributed by atoms with Gasteiger partial charge in [0.2, 0.25) is 5.91 Å². The lowest BCUT2D eigenvalue weighted by atomic mass is 9.98. The maximum absolute atomic E-state index is 12.1. The Bertz CT molecular complexity index is 835. The predicted octanol–water partition coefficient (Wildman–Crippen LogP) is 4.05. The molecule has 6 heteroatoms. The smallest absolute Gasteiger partial charge is 0.240 e. The van der Waals surface area contributed by atoms with Crippen LogP contribution in [-0.4, -0.2) is 30.8 Å². The summed E-state index contributed by atoms with van der Waals surface area (Å²) in [7, 11) is 3.18. The zero-order chi connectivity index (χ0) is 18.0. The Morgan fingerprint density at radius 3 is 2.52 bits per heavy atom. The van der Waals surface area contributed by atoms with Crippen LogP contribution in [0.5, 0.6) is 11.5 Å². The van der Waals surface area contributed by atoms with E-state index in [9.17, 15) is 4.79 Å². The lowest BCUT2D eigenvalue weighted by Crippen LogP contribution is -2.24. The molecule has 1 atom stereocenters. The maximum Gasteiger partial charge on any atom is 0.240 e. The highest BCUT2D eigenvalue weighted by molar-refractivity contribution is 6.31. The van der Waals surface area contributed by atoms with E-state index in [-0.39, 0.29) is 11.9 Å². The molecule has 0 spiro atoms. The number of ether oxygens (including phenoxy) is 2. The molecular weight excluding hydrogens is 340 g/mol. The molecule has 130 valence electrons. The van der Waals surface area contributed by atoms with E-state index < -0.39 is 0 Å². The van der Waals surface area contributed by atoms with Gasteiger partial charge in [0.05, 0.1) is 26.0 Å². The van der Waals surface area contributed by atoms with Gasteiger partial charge in [-0.3, -0.25) is 4.79 Å². The first kappa shape index (κ1) is 17.3. The molecule has 2 aromatic rings. The molecule has 1 aliphatic rings. The standard InChI is InChI=1S/C19H19ClN2O3/c1-12(23)22-17(14-6-4-5-7-15(14)20)11-16(21-22)13-8-9-18(24-2)19(10-13)25-3/h4-10,17H,11H2,1-3H3/t17-/m1/s1. The molecule has 0 N–H and O–H groups in total. The molecule has 25 heavy (non-hydrogen) atoms. The molecule has 0 unspecified atom stereocenters. The molecule has 1 amide bonds. The maximum atomic E-state index is 12.1. The van der Waals surface area contributed by atoms with E-state index in [4.69, 9.17) is 21.1 Å². The fourth-order valence-corrected chi connectivity index (χ4v) is 3.24. The topological polar surface area (TPSA) is 51.1 Å². The Labute approximate surface area is 151 Å². The zero-order valence-electron chi connectivity index (χ0n) is 14.3. The minimum absolute atomic E-state index is 0.125. The molecule has 1 heterocycles. The molecule has 5 nitrogen and oxygen atoms in total. The van der Waals surface area contributed by atoms with Crippen LogP contribution in [0.3, 0.4) is 0 Å². The van der Waals surface area contributed by atoms with Gasteiger partial charge >= 0.3 is 0 Å². The summed E-state index contributed by atoms with van der Waals surface area (Å²) in [5, 5.41) is 6.65. The van der Waals surface area contributed by atoms with Gasteiger partial charge in [0.15, 0.2) is 11.5 Å². The van der Waals surface area contributed by atoms with Crippen molar-refractivity contribution in [1.82, 2.24) is 5.01 Å². The van der Waals surface area contributed by atoms with E-state index in [0.29, 0.717) is 22.9 Å². The monoisotopic (exact) mass is 358 g/mol. The first-order valence-electron chi connectivity index (χ1n) is 7.89. The number of hydrogen-bond acceptors (Lipinski definition) is 4. The SMILES string of the molecule is COc1ccc(C2=NN(C(C)=O)[C@@H](c3ccccc3Cl)C2)cc1OC. The molecule has 2 aromatic carbocycles. The van der Waals surface area contributed by atoms with Crippen molar-refractivity contribution >= 4 is 23.2 Å². The summed E-state index contributed by atoms with van der Waals surface area (Å²) in [4.78, 5) is 12.1. The molecule has 0 bridgehead atoms. The zero-order valence-corrected chi connectivity index (χ0v) is 15.1. The number of hydrazone groups is 1. The van der Waals surface area contributed by atoms with E-state index in [2.05, 4.69) is 5.10 Å². The highest BCUT2D eigenvalue weighted by Gasteiger charge is 2.32. The lowest BCUT2D eigenvalue weighted by Gasteiger charge is -2.21. The van der Waals surface area contributed by atoms with Crippen molar-refractivity contribution in [2.75, 3.05) is 14.2 Å². The highest BCUT2D eigenvalue weighted by atomic mass is 35.5. The van der Waals surface area contributed by atoms with Crippen molar-refractivity contribution in [3.05, 3.63) is 58.6 Å². The van der Waals surface area contributed by atoms with Crippen molar-refractivity contribution in [1.29, 1.82) is 0 Å². The van der Waals surface area contributed by atoms with Crippen LogP contribution in [-0.2, 0) is 4.79 Å². The third-order valence-corrected chi connectivity index (χ3v) is 4.56. The summed E-state index contributed by atoms with van der Waals surface area (Å²) < 4.78 is 10.6. The van der Waals surface area contributed by atoms with Crippen molar-refractivity contribution in [3.63, 3.8) is 0 Å². The predicted molar refractivity (Wildman–Crippen MR) is 97.4 cm³/mol. The highest BCUT2D eigenvalue weighted by Crippen LogP contribution is 2.37. The second kappa shape index (κ2) is 7.15. The van der Waals surface area contributed by atoms with Crippen LogP contribution in [0.1, 0.15) is 30.5 Å². The number of hydrogen-bond donors (Lipinski definition) is 0. The number of carbonyl (C=O) groups is 1. The van der Waals surface area contributed by atoms with Gasteiger partial charge < -0.3 is 9.47 Å². The van der Waals surface area contributed by atoms with Gasteiger partial charge in [0.1, 0.15) is 0 Å². The van der Waals surface area contributed by atoms with Crippen molar-refractivity contribution in [2.45, 2.75) is 19.4 Å². The molecular formula is C19H19ClN2O3. The summed E-state index contributed by atoms with van der Waals surface area (Å²) in [5.41, 5.74) is 2.58. The summed E-state index contributed by atoms with van der Waals surface area (Å²) in [5.74, 6) is 1.15. The number of benzene rings is 2. The molecule has 0 saturated heterocycles. The van der Waals surface area contributed by atoms with Gasteiger partial charge in [-0.15, -0.1) is 0 Å². The molecule has 0 radical (unpaired) electrons. The van der Waals surface area contributed by atoms with E-state index >= 15 is 0 Å².